The van der Waals surface area contributed by atoms with Crippen LogP contribution in [-0.2, 0) is 0 Å². The van der Waals surface area contributed by atoms with Gasteiger partial charge < -0.3 is 10.5 Å². The van der Waals surface area contributed by atoms with Crippen LogP contribution in [0.25, 0.3) is 0 Å². The summed E-state index contributed by atoms with van der Waals surface area (Å²) in [6.07, 6.45) is 0. The molecule has 2 nitrogen and oxygen atoms in total. The van der Waals surface area contributed by atoms with Crippen LogP contribution in [0.2, 0.25) is 0 Å². The molecule has 0 unspecified atom stereocenters. The first kappa shape index (κ1) is 13.5. The van der Waals surface area contributed by atoms with Gasteiger partial charge in [-0.1, -0.05) is 12.1 Å². The number of ether oxygens (including phenoxy) is 1. The quantitative estimate of drug-likeness (QED) is 0.905. The van der Waals surface area contributed by atoms with Crippen molar-refractivity contribution in [2.45, 2.75) is 19.9 Å². The molecule has 1 atom stereocenters. The van der Waals surface area contributed by atoms with E-state index in [1.165, 1.54) is 18.2 Å². The van der Waals surface area contributed by atoms with Crippen molar-refractivity contribution in [3.63, 3.8) is 0 Å². The maximum absolute atomic E-state index is 13.8. The maximum Gasteiger partial charge on any atom is 0.166 e. The Balaban J connectivity index is 2.25. The van der Waals surface area contributed by atoms with E-state index in [2.05, 4.69) is 0 Å². The molecule has 2 N–H and O–H groups in total. The lowest BCUT2D eigenvalue weighted by atomic mass is 10.1. The van der Waals surface area contributed by atoms with E-state index in [-0.39, 0.29) is 23.4 Å². The minimum absolute atomic E-state index is 0.0488. The van der Waals surface area contributed by atoms with Crippen LogP contribution in [0.4, 0.5) is 8.78 Å². The van der Waals surface area contributed by atoms with Gasteiger partial charge in [0.2, 0.25) is 0 Å². The van der Waals surface area contributed by atoms with Crippen molar-refractivity contribution in [2.24, 2.45) is 5.73 Å². The fourth-order valence-corrected chi connectivity index (χ4v) is 1.65. The van der Waals surface area contributed by atoms with Crippen LogP contribution >= 0.6 is 0 Å². The molecule has 0 bridgehead atoms. The number of aryl methyl sites for hydroxylation is 1. The number of nitrogens with two attached hydrogens (primary N) is 1. The second-order valence-electron chi connectivity index (χ2n) is 4.49. The Labute approximate surface area is 110 Å². The SMILES string of the molecule is Cc1ccc(Oc2ccc([C@@H](C)N)cc2F)cc1F. The Morgan fingerprint density at radius 2 is 1.79 bits per heavy atom. The zero-order valence-electron chi connectivity index (χ0n) is 10.8. The van der Waals surface area contributed by atoms with Gasteiger partial charge in [-0.05, 0) is 43.2 Å². The number of rotatable bonds is 3. The highest BCUT2D eigenvalue weighted by Gasteiger charge is 2.09. The van der Waals surface area contributed by atoms with Crippen LogP contribution in [0.15, 0.2) is 36.4 Å². The molecular weight excluding hydrogens is 248 g/mol. The van der Waals surface area contributed by atoms with Gasteiger partial charge in [0.15, 0.2) is 11.6 Å². The van der Waals surface area contributed by atoms with Gasteiger partial charge in [-0.2, -0.15) is 0 Å². The van der Waals surface area contributed by atoms with E-state index in [9.17, 15) is 8.78 Å². The van der Waals surface area contributed by atoms with Gasteiger partial charge in [0.25, 0.3) is 0 Å². The minimum Gasteiger partial charge on any atom is -0.454 e. The molecule has 0 amide bonds. The Morgan fingerprint density at radius 1 is 1.05 bits per heavy atom. The molecule has 19 heavy (non-hydrogen) atoms. The zero-order chi connectivity index (χ0) is 14.0. The molecule has 4 heteroatoms. The zero-order valence-corrected chi connectivity index (χ0v) is 10.8. The minimum atomic E-state index is -0.518. The molecule has 0 heterocycles. The Bertz CT molecular complexity index is 597. The highest BCUT2D eigenvalue weighted by molar-refractivity contribution is 5.36. The molecule has 2 rings (SSSR count). The first-order valence-electron chi connectivity index (χ1n) is 5.96. The molecule has 0 fully saturated rings. The molecule has 0 spiro atoms. The molecule has 0 saturated carbocycles. The third-order valence-corrected chi connectivity index (χ3v) is 2.85. The highest BCUT2D eigenvalue weighted by atomic mass is 19.1. The fourth-order valence-electron chi connectivity index (χ4n) is 1.65. The van der Waals surface area contributed by atoms with Crippen molar-refractivity contribution >= 4 is 0 Å². The molecule has 2 aromatic rings. The van der Waals surface area contributed by atoms with Gasteiger partial charge >= 0.3 is 0 Å². The van der Waals surface area contributed by atoms with Crippen LogP contribution in [0.5, 0.6) is 11.5 Å². The molecule has 0 aliphatic heterocycles. The Morgan fingerprint density at radius 3 is 2.37 bits per heavy atom. The van der Waals surface area contributed by atoms with Crippen LogP contribution in [0.1, 0.15) is 24.1 Å². The van der Waals surface area contributed by atoms with Crippen LogP contribution < -0.4 is 10.5 Å². The summed E-state index contributed by atoms with van der Waals surface area (Å²) in [6, 6.07) is 8.66. The van der Waals surface area contributed by atoms with E-state index in [1.807, 2.05) is 0 Å². The smallest absolute Gasteiger partial charge is 0.166 e. The van der Waals surface area contributed by atoms with E-state index < -0.39 is 5.82 Å². The van der Waals surface area contributed by atoms with Gasteiger partial charge in [-0.25, -0.2) is 8.78 Å². The van der Waals surface area contributed by atoms with Gasteiger partial charge in [0.1, 0.15) is 11.6 Å². The molecule has 0 aromatic heterocycles. The summed E-state index contributed by atoms with van der Waals surface area (Å²) in [5, 5.41) is 0. The molecular formula is C15H15F2NO. The molecule has 0 saturated heterocycles. The molecule has 0 radical (unpaired) electrons. The first-order chi connectivity index (χ1) is 8.97. The number of hydrogen-bond donors (Lipinski definition) is 1. The Kier molecular flexibility index (Phi) is 3.81. The van der Waals surface area contributed by atoms with Crippen molar-refractivity contribution in [1.82, 2.24) is 0 Å². The fraction of sp³-hybridized carbons (Fsp3) is 0.200. The van der Waals surface area contributed by atoms with Gasteiger partial charge in [0, 0.05) is 12.1 Å². The first-order valence-corrected chi connectivity index (χ1v) is 5.96. The Hall–Kier alpha value is -1.94. The van der Waals surface area contributed by atoms with E-state index in [1.54, 1.807) is 32.0 Å². The summed E-state index contributed by atoms with van der Waals surface area (Å²) in [7, 11) is 0. The van der Waals surface area contributed by atoms with Crippen molar-refractivity contribution < 1.29 is 13.5 Å². The topological polar surface area (TPSA) is 35.2 Å². The maximum atomic E-state index is 13.8. The lowest BCUT2D eigenvalue weighted by molar-refractivity contribution is 0.437. The third-order valence-electron chi connectivity index (χ3n) is 2.85. The van der Waals surface area contributed by atoms with Crippen molar-refractivity contribution in [1.29, 1.82) is 0 Å². The standard InChI is InChI=1S/C15H15F2NO/c1-9-3-5-12(8-13(9)16)19-15-6-4-11(10(2)18)7-14(15)17/h3-8,10H,18H2,1-2H3/t10-/m1/s1. The van der Waals surface area contributed by atoms with Crippen molar-refractivity contribution in [2.75, 3.05) is 0 Å². The summed E-state index contributed by atoms with van der Waals surface area (Å²) in [5.74, 6) is -0.593. The van der Waals surface area contributed by atoms with Crippen LogP contribution in [-0.4, -0.2) is 0 Å². The lowest BCUT2D eigenvalue weighted by Crippen LogP contribution is -2.05. The average Bonchev–Trinajstić information content (AvgIpc) is 2.36. The summed E-state index contributed by atoms with van der Waals surface area (Å²) in [4.78, 5) is 0. The van der Waals surface area contributed by atoms with E-state index in [0.717, 1.165) is 0 Å². The monoisotopic (exact) mass is 263 g/mol. The van der Waals surface area contributed by atoms with Gasteiger partial charge in [0.05, 0.1) is 0 Å². The van der Waals surface area contributed by atoms with Crippen molar-refractivity contribution in [3.05, 3.63) is 59.2 Å². The normalized spacial score (nSPS) is 12.3. The molecule has 2 aromatic carbocycles. The number of halogens is 2. The average molecular weight is 263 g/mol. The summed E-state index contributed by atoms with van der Waals surface area (Å²) < 4.78 is 32.5. The number of benzene rings is 2. The predicted molar refractivity (Wildman–Crippen MR) is 70.2 cm³/mol. The van der Waals surface area contributed by atoms with E-state index >= 15 is 0 Å². The van der Waals surface area contributed by atoms with Crippen LogP contribution in [0, 0.1) is 18.6 Å². The number of hydrogen-bond acceptors (Lipinski definition) is 2. The summed E-state index contributed by atoms with van der Waals surface area (Å²) in [5.41, 5.74) is 6.86. The molecule has 0 aliphatic rings. The largest absolute Gasteiger partial charge is 0.454 e. The van der Waals surface area contributed by atoms with E-state index in [4.69, 9.17) is 10.5 Å². The van der Waals surface area contributed by atoms with E-state index in [0.29, 0.717) is 11.1 Å². The van der Waals surface area contributed by atoms with Crippen molar-refractivity contribution in [3.8, 4) is 11.5 Å². The molecule has 0 aliphatic carbocycles. The van der Waals surface area contributed by atoms with Gasteiger partial charge in [-0.3, -0.25) is 0 Å². The van der Waals surface area contributed by atoms with Crippen LogP contribution in [0.3, 0.4) is 0 Å². The molecule has 100 valence electrons. The van der Waals surface area contributed by atoms with Gasteiger partial charge in [-0.15, -0.1) is 0 Å². The summed E-state index contributed by atoms with van der Waals surface area (Å²) >= 11 is 0. The lowest BCUT2D eigenvalue weighted by Gasteiger charge is -2.10. The third kappa shape index (κ3) is 3.09. The second kappa shape index (κ2) is 5.36. The second-order valence-corrected chi connectivity index (χ2v) is 4.49. The highest BCUT2D eigenvalue weighted by Crippen LogP contribution is 2.27. The summed E-state index contributed by atoms with van der Waals surface area (Å²) in [6.45, 7) is 3.42. The predicted octanol–water partition coefficient (Wildman–Crippen LogP) is 4.09.